The van der Waals surface area contributed by atoms with E-state index in [4.69, 9.17) is 24.3 Å². The van der Waals surface area contributed by atoms with Crippen molar-refractivity contribution in [3.05, 3.63) is 48.8 Å². The Labute approximate surface area is 254 Å². The Bertz CT molecular complexity index is 1710. The number of alkyl halides is 1. The molecule has 5 atom stereocenters. The van der Waals surface area contributed by atoms with E-state index in [0.29, 0.717) is 22.4 Å². The highest BCUT2D eigenvalue weighted by molar-refractivity contribution is 7.52. The molecule has 1 aliphatic heterocycles. The molecule has 236 valence electrons. The highest BCUT2D eigenvalue weighted by Crippen LogP contribution is 2.50. The number of carbonyl (C=O) groups is 1. The molecule has 13 nitrogen and oxygen atoms in total. The summed E-state index contributed by atoms with van der Waals surface area (Å²) in [6.45, 7) is 5.90. The lowest BCUT2D eigenvalue weighted by Crippen LogP contribution is -2.37. The summed E-state index contributed by atoms with van der Waals surface area (Å²) in [7, 11) is -0.789. The van der Waals surface area contributed by atoms with Gasteiger partial charge in [0.1, 0.15) is 24.6 Å². The van der Waals surface area contributed by atoms with Gasteiger partial charge in [-0.1, -0.05) is 43.3 Å². The summed E-state index contributed by atoms with van der Waals surface area (Å²) in [5.74, 6) is -2.64. The number of fused-ring (bicyclic) bond motifs is 2. The van der Waals surface area contributed by atoms with Gasteiger partial charge in [0.25, 0.3) is 0 Å². The Kier molecular flexibility index (Phi) is 8.81. The van der Waals surface area contributed by atoms with E-state index in [2.05, 4.69) is 20.0 Å². The normalized spacial score (nSPS) is 22.3. The van der Waals surface area contributed by atoms with Crippen LogP contribution in [0.5, 0.6) is 5.75 Å². The minimum atomic E-state index is -4.39. The van der Waals surface area contributed by atoms with Crippen molar-refractivity contribution in [2.24, 2.45) is 5.92 Å². The number of esters is 1. The number of imidazole rings is 1. The predicted molar refractivity (Wildman–Crippen MR) is 164 cm³/mol. The number of nitrogens with one attached hydrogen (secondary N) is 1. The summed E-state index contributed by atoms with van der Waals surface area (Å²) in [4.78, 5) is 27.3. The molecule has 1 aliphatic rings. The molecule has 44 heavy (non-hydrogen) atoms. The van der Waals surface area contributed by atoms with Crippen molar-refractivity contribution in [3.63, 3.8) is 0 Å². The van der Waals surface area contributed by atoms with Crippen LogP contribution in [0.25, 0.3) is 21.9 Å². The first-order valence-electron chi connectivity index (χ1n) is 14.2. The topological polar surface area (TPSA) is 156 Å². The van der Waals surface area contributed by atoms with Gasteiger partial charge in [0.2, 0.25) is 11.8 Å². The largest absolute Gasteiger partial charge is 0.462 e. The zero-order valence-electron chi connectivity index (χ0n) is 25.4. The van der Waals surface area contributed by atoms with Gasteiger partial charge in [0, 0.05) is 31.8 Å². The van der Waals surface area contributed by atoms with Gasteiger partial charge in [-0.3, -0.25) is 13.9 Å². The molecule has 0 saturated carbocycles. The molecule has 15 heteroatoms. The second-order valence-corrected chi connectivity index (χ2v) is 13.1. The third-order valence-electron chi connectivity index (χ3n) is 7.04. The molecule has 2 aromatic heterocycles. The number of carbonyl (C=O) groups excluding carboxylic acids is 1. The lowest BCUT2D eigenvalue weighted by molar-refractivity contribution is -0.173. The minimum Gasteiger partial charge on any atom is -0.462 e. The van der Waals surface area contributed by atoms with E-state index in [1.165, 1.54) is 13.3 Å². The number of ether oxygens (including phenoxy) is 2. The summed E-state index contributed by atoms with van der Waals surface area (Å²) >= 11 is 0. The number of benzene rings is 2. The number of anilines is 2. The molecule has 0 amide bonds. The molecule has 0 radical (unpaired) electrons. The van der Waals surface area contributed by atoms with E-state index in [-0.39, 0.29) is 24.0 Å². The molecule has 0 bridgehead atoms. The van der Waals surface area contributed by atoms with Crippen molar-refractivity contribution in [2.45, 2.75) is 58.3 Å². The second-order valence-electron chi connectivity index (χ2n) is 11.4. The number of hydrogen-bond acceptors (Lipinski definition) is 11. The molecule has 1 fully saturated rings. The number of nitrogens with zero attached hydrogens (tertiary/aromatic N) is 5. The highest BCUT2D eigenvalue weighted by atomic mass is 31.2. The van der Waals surface area contributed by atoms with Gasteiger partial charge in [0.05, 0.1) is 12.4 Å². The van der Waals surface area contributed by atoms with E-state index in [0.717, 1.165) is 5.39 Å². The molecular formula is C29H37FN7O6P. The highest BCUT2D eigenvalue weighted by Gasteiger charge is 2.49. The average molecular weight is 630 g/mol. The van der Waals surface area contributed by atoms with Gasteiger partial charge in [-0.2, -0.15) is 15.1 Å². The van der Waals surface area contributed by atoms with Crippen LogP contribution >= 0.6 is 7.75 Å². The van der Waals surface area contributed by atoms with Crippen molar-refractivity contribution >= 4 is 47.4 Å². The summed E-state index contributed by atoms with van der Waals surface area (Å²) in [6.07, 6.45) is 0.165. The first-order valence-corrected chi connectivity index (χ1v) is 15.8. The van der Waals surface area contributed by atoms with E-state index in [1.54, 1.807) is 61.7 Å². The van der Waals surface area contributed by atoms with Crippen molar-refractivity contribution in [2.75, 3.05) is 31.3 Å². The number of halogens is 1. The number of aromatic nitrogens is 4. The van der Waals surface area contributed by atoms with Gasteiger partial charge < -0.3 is 24.6 Å². The summed E-state index contributed by atoms with van der Waals surface area (Å²) in [6, 6.07) is 11.4. The van der Waals surface area contributed by atoms with E-state index >= 15 is 4.39 Å². The van der Waals surface area contributed by atoms with Gasteiger partial charge in [-0.15, -0.1) is 0 Å². The van der Waals surface area contributed by atoms with Crippen LogP contribution in [-0.2, 0) is 23.4 Å². The predicted octanol–water partition coefficient (Wildman–Crippen LogP) is 4.98. The second kappa shape index (κ2) is 12.3. The lowest BCUT2D eigenvalue weighted by Gasteiger charge is -2.27. The van der Waals surface area contributed by atoms with Crippen LogP contribution in [-0.4, -0.2) is 64.2 Å². The maximum atomic E-state index is 16.3. The van der Waals surface area contributed by atoms with Crippen LogP contribution in [0.4, 0.5) is 16.2 Å². The van der Waals surface area contributed by atoms with Crippen LogP contribution in [0.2, 0.25) is 0 Å². The average Bonchev–Trinajstić information content (AvgIpc) is 3.51. The standard InChI is InChI=1S/C29H37FN7O6P/c1-17(2)41-27(38)19(4)35-44(39,43-22-13-9-11-20-10-7-8-12-21(20)22)40-15-29(30)14-18(3)26(42-29)37-16-32-23-24(36(5)6)33-28(31)34-25(23)37/h7-13,16-19,26H,14-15H2,1-6H3,(H,35,39)(H2,31,33,34)/t18-,19-,26+,29-,44-/m0/s1. The minimum absolute atomic E-state index is 0.0335. The van der Waals surface area contributed by atoms with Crippen LogP contribution in [0, 0.1) is 5.92 Å². The third kappa shape index (κ3) is 6.63. The molecule has 2 aromatic carbocycles. The van der Waals surface area contributed by atoms with Gasteiger partial charge in [-0.05, 0) is 32.2 Å². The fourth-order valence-electron chi connectivity index (χ4n) is 5.10. The van der Waals surface area contributed by atoms with Crippen molar-refractivity contribution in [3.8, 4) is 5.75 Å². The van der Waals surface area contributed by atoms with Crippen LogP contribution in [0.15, 0.2) is 48.8 Å². The number of nitrogen functional groups attached to an aromatic ring is 1. The Morgan fingerprint density at radius 3 is 2.68 bits per heavy atom. The maximum Gasteiger partial charge on any atom is 0.459 e. The number of hydrogen-bond donors (Lipinski definition) is 2. The quantitative estimate of drug-likeness (QED) is 0.170. The van der Waals surface area contributed by atoms with Crippen LogP contribution in [0.1, 0.15) is 40.3 Å². The summed E-state index contributed by atoms with van der Waals surface area (Å²) < 4.78 is 54.9. The molecule has 0 aliphatic carbocycles. The van der Waals surface area contributed by atoms with Gasteiger partial charge in [-0.25, -0.2) is 13.9 Å². The van der Waals surface area contributed by atoms with E-state index < -0.39 is 44.6 Å². The molecule has 3 heterocycles. The zero-order chi connectivity index (χ0) is 31.8. The molecule has 1 saturated heterocycles. The molecule has 0 spiro atoms. The summed E-state index contributed by atoms with van der Waals surface area (Å²) in [5, 5.41) is 4.10. The molecular weight excluding hydrogens is 592 g/mol. The van der Waals surface area contributed by atoms with Gasteiger partial charge in [0.15, 0.2) is 17.0 Å². The van der Waals surface area contributed by atoms with Crippen molar-refractivity contribution in [1.82, 2.24) is 24.6 Å². The third-order valence-corrected chi connectivity index (χ3v) is 8.65. The fraction of sp³-hybridized carbons (Fsp3) is 0.448. The first-order chi connectivity index (χ1) is 20.8. The molecule has 0 unspecified atom stereocenters. The zero-order valence-corrected chi connectivity index (χ0v) is 26.3. The Morgan fingerprint density at radius 2 is 1.95 bits per heavy atom. The Balaban J connectivity index is 1.40. The fourth-order valence-corrected chi connectivity index (χ4v) is 6.64. The number of rotatable bonds is 11. The Hall–Kier alpha value is -3.84. The molecule has 4 aromatic rings. The lowest BCUT2D eigenvalue weighted by atomic mass is 10.1. The summed E-state index contributed by atoms with van der Waals surface area (Å²) in [5.41, 5.74) is 6.81. The maximum absolute atomic E-state index is 16.3. The smallest absolute Gasteiger partial charge is 0.459 e. The van der Waals surface area contributed by atoms with E-state index in [9.17, 15) is 9.36 Å². The SMILES string of the molecule is CC(C)OC(=O)[C@H](C)N[P@](=O)(OC[C@]1(F)C[C@H](C)[C@H](n2cnc3c(N(C)C)nc(N)nc32)O1)Oc1cccc2ccccc12. The van der Waals surface area contributed by atoms with Crippen LogP contribution in [0.3, 0.4) is 0 Å². The first kappa shape index (κ1) is 31.6. The van der Waals surface area contributed by atoms with E-state index in [1.807, 2.05) is 25.1 Å². The molecule has 3 N–H and O–H groups in total. The van der Waals surface area contributed by atoms with Gasteiger partial charge >= 0.3 is 13.7 Å². The van der Waals surface area contributed by atoms with Crippen LogP contribution < -0.4 is 20.2 Å². The monoisotopic (exact) mass is 629 g/mol. The number of nitrogens with two attached hydrogens (primary N) is 1. The van der Waals surface area contributed by atoms with Crippen molar-refractivity contribution in [1.29, 1.82) is 0 Å². The Morgan fingerprint density at radius 1 is 1.23 bits per heavy atom. The molecule has 5 rings (SSSR count). The van der Waals surface area contributed by atoms with Crippen molar-refractivity contribution < 1.29 is 32.3 Å².